The number of ether oxygens (including phenoxy) is 1. The lowest BCUT2D eigenvalue weighted by atomic mass is 9.73. The van der Waals surface area contributed by atoms with E-state index in [-0.39, 0.29) is 5.41 Å². The number of nitrogens with zero attached hydrogens (tertiary/aromatic N) is 1. The standard InChI is InChI=1S/C20H30N2O2/c1-22-15-16-24-18-9-5-4-8-17(18)7-3-2-6-10-20(19(22)23)11-13-21-14-12-20/h4-5,8-9,21H,2-3,6-7,10-16H2,1H3. The van der Waals surface area contributed by atoms with Crippen LogP contribution >= 0.6 is 0 Å². The molecule has 1 aromatic rings. The monoisotopic (exact) mass is 330 g/mol. The Balaban J connectivity index is 1.74. The lowest BCUT2D eigenvalue weighted by molar-refractivity contribution is -0.143. The number of benzene rings is 1. The molecule has 0 saturated carbocycles. The minimum atomic E-state index is -0.152. The predicted octanol–water partition coefficient (Wildman–Crippen LogP) is 3.01. The summed E-state index contributed by atoms with van der Waals surface area (Å²) >= 11 is 0. The van der Waals surface area contributed by atoms with Gasteiger partial charge in [0.2, 0.25) is 5.91 Å². The third-order valence-electron chi connectivity index (χ3n) is 5.62. The fourth-order valence-corrected chi connectivity index (χ4v) is 4.08. The van der Waals surface area contributed by atoms with E-state index >= 15 is 0 Å². The Morgan fingerprint density at radius 3 is 2.71 bits per heavy atom. The zero-order chi connectivity index (χ0) is 16.8. The Kier molecular flexibility index (Phi) is 5.77. The summed E-state index contributed by atoms with van der Waals surface area (Å²) in [7, 11) is 1.93. The quantitative estimate of drug-likeness (QED) is 0.795. The van der Waals surface area contributed by atoms with Gasteiger partial charge in [0.1, 0.15) is 12.4 Å². The van der Waals surface area contributed by atoms with Crippen LogP contribution in [0.2, 0.25) is 0 Å². The van der Waals surface area contributed by atoms with Crippen LogP contribution in [-0.4, -0.2) is 44.1 Å². The molecule has 4 nitrogen and oxygen atoms in total. The summed E-state index contributed by atoms with van der Waals surface area (Å²) in [5, 5.41) is 3.40. The molecule has 0 bridgehead atoms. The molecule has 4 heteroatoms. The summed E-state index contributed by atoms with van der Waals surface area (Å²) in [5.41, 5.74) is 1.14. The number of aryl methyl sites for hydroxylation is 1. The molecule has 1 fully saturated rings. The minimum Gasteiger partial charge on any atom is -0.491 e. The van der Waals surface area contributed by atoms with Crippen molar-refractivity contribution in [2.45, 2.75) is 44.9 Å². The topological polar surface area (TPSA) is 41.6 Å². The zero-order valence-corrected chi connectivity index (χ0v) is 14.9. The van der Waals surface area contributed by atoms with Crippen molar-refractivity contribution in [2.75, 3.05) is 33.3 Å². The molecule has 1 spiro atoms. The second kappa shape index (κ2) is 8.02. The molecule has 0 atom stereocenters. The van der Waals surface area contributed by atoms with Gasteiger partial charge in [-0.15, -0.1) is 0 Å². The third-order valence-corrected chi connectivity index (χ3v) is 5.62. The highest BCUT2D eigenvalue weighted by Crippen LogP contribution is 2.37. The Morgan fingerprint density at radius 2 is 1.88 bits per heavy atom. The van der Waals surface area contributed by atoms with E-state index in [9.17, 15) is 4.79 Å². The van der Waals surface area contributed by atoms with E-state index in [0.29, 0.717) is 19.1 Å². The number of para-hydroxylation sites is 1. The second-order valence-corrected chi connectivity index (χ2v) is 7.27. The van der Waals surface area contributed by atoms with Crippen LogP contribution < -0.4 is 10.1 Å². The van der Waals surface area contributed by atoms with Crippen LogP contribution in [0.15, 0.2) is 24.3 Å². The van der Waals surface area contributed by atoms with Crippen LogP contribution in [0, 0.1) is 5.41 Å². The number of piperidine rings is 1. The molecule has 3 rings (SSSR count). The van der Waals surface area contributed by atoms with Crippen LogP contribution in [-0.2, 0) is 11.2 Å². The summed E-state index contributed by atoms with van der Waals surface area (Å²) in [4.78, 5) is 15.0. The predicted molar refractivity (Wildman–Crippen MR) is 96.3 cm³/mol. The largest absolute Gasteiger partial charge is 0.491 e. The summed E-state index contributed by atoms with van der Waals surface area (Å²) < 4.78 is 5.99. The van der Waals surface area contributed by atoms with Crippen molar-refractivity contribution in [1.82, 2.24) is 10.2 Å². The number of nitrogens with one attached hydrogen (secondary N) is 1. The average Bonchev–Trinajstić information content (AvgIpc) is 2.62. The third kappa shape index (κ3) is 3.92. The zero-order valence-electron chi connectivity index (χ0n) is 14.9. The van der Waals surface area contributed by atoms with Gasteiger partial charge in [-0.3, -0.25) is 4.79 Å². The fourth-order valence-electron chi connectivity index (χ4n) is 4.08. The van der Waals surface area contributed by atoms with E-state index in [1.165, 1.54) is 18.4 Å². The summed E-state index contributed by atoms with van der Waals surface area (Å²) in [6.07, 6.45) is 7.52. The van der Waals surface area contributed by atoms with Crippen LogP contribution in [0.5, 0.6) is 5.75 Å². The Labute approximate surface area is 145 Å². The molecule has 2 aliphatic rings. The summed E-state index contributed by atoms with van der Waals surface area (Å²) in [6, 6.07) is 8.32. The SMILES string of the molecule is CN1CCOc2ccccc2CCCCCC2(CCNCC2)C1=O. The molecule has 0 radical (unpaired) electrons. The molecular formula is C20H30N2O2. The number of hydrogen-bond acceptors (Lipinski definition) is 3. The van der Waals surface area contributed by atoms with E-state index in [0.717, 1.165) is 50.9 Å². The number of carbonyl (C=O) groups excluding carboxylic acids is 1. The van der Waals surface area contributed by atoms with Crippen molar-refractivity contribution < 1.29 is 9.53 Å². The molecule has 1 saturated heterocycles. The molecule has 0 unspecified atom stereocenters. The molecule has 1 N–H and O–H groups in total. The van der Waals surface area contributed by atoms with Gasteiger partial charge in [0, 0.05) is 7.05 Å². The first kappa shape index (κ1) is 17.3. The van der Waals surface area contributed by atoms with Gasteiger partial charge in [0.15, 0.2) is 0 Å². The van der Waals surface area contributed by atoms with Crippen LogP contribution in [0.4, 0.5) is 0 Å². The first-order valence-electron chi connectivity index (χ1n) is 9.38. The number of fused-ring (bicyclic) bond motifs is 1. The molecule has 1 aromatic carbocycles. The van der Waals surface area contributed by atoms with Gasteiger partial charge in [0.25, 0.3) is 0 Å². The number of amides is 1. The van der Waals surface area contributed by atoms with Gasteiger partial charge in [-0.2, -0.15) is 0 Å². The highest BCUT2D eigenvalue weighted by Gasteiger charge is 2.40. The molecule has 132 valence electrons. The molecule has 2 aliphatic heterocycles. The molecule has 2 heterocycles. The minimum absolute atomic E-state index is 0.152. The van der Waals surface area contributed by atoms with Gasteiger partial charge >= 0.3 is 0 Å². The van der Waals surface area contributed by atoms with Crippen molar-refractivity contribution in [1.29, 1.82) is 0 Å². The van der Waals surface area contributed by atoms with Gasteiger partial charge in [-0.1, -0.05) is 31.0 Å². The van der Waals surface area contributed by atoms with Gasteiger partial charge in [-0.05, 0) is 56.8 Å². The highest BCUT2D eigenvalue weighted by atomic mass is 16.5. The van der Waals surface area contributed by atoms with Crippen molar-refractivity contribution in [2.24, 2.45) is 5.41 Å². The lowest BCUT2D eigenvalue weighted by Crippen LogP contribution is -2.49. The summed E-state index contributed by atoms with van der Waals surface area (Å²) in [5.74, 6) is 1.30. The van der Waals surface area contributed by atoms with E-state index in [2.05, 4.69) is 17.4 Å². The maximum atomic E-state index is 13.1. The highest BCUT2D eigenvalue weighted by molar-refractivity contribution is 5.82. The smallest absolute Gasteiger partial charge is 0.228 e. The average molecular weight is 330 g/mol. The van der Waals surface area contributed by atoms with Gasteiger partial charge < -0.3 is 15.0 Å². The van der Waals surface area contributed by atoms with E-state index in [1.54, 1.807) is 0 Å². The molecule has 0 aromatic heterocycles. The van der Waals surface area contributed by atoms with Crippen LogP contribution in [0.3, 0.4) is 0 Å². The maximum absolute atomic E-state index is 13.1. The fraction of sp³-hybridized carbons (Fsp3) is 0.650. The van der Waals surface area contributed by atoms with Crippen molar-refractivity contribution in [3.8, 4) is 5.75 Å². The Morgan fingerprint density at radius 1 is 1.08 bits per heavy atom. The maximum Gasteiger partial charge on any atom is 0.228 e. The van der Waals surface area contributed by atoms with Crippen molar-refractivity contribution in [3.63, 3.8) is 0 Å². The first-order valence-corrected chi connectivity index (χ1v) is 9.38. The van der Waals surface area contributed by atoms with Crippen molar-refractivity contribution in [3.05, 3.63) is 29.8 Å². The molecule has 1 amide bonds. The summed E-state index contributed by atoms with van der Waals surface area (Å²) in [6.45, 7) is 3.14. The van der Waals surface area contributed by atoms with Crippen LogP contribution in [0.1, 0.15) is 44.1 Å². The molecule has 24 heavy (non-hydrogen) atoms. The lowest BCUT2D eigenvalue weighted by Gasteiger charge is -2.39. The number of rotatable bonds is 0. The van der Waals surface area contributed by atoms with Crippen LogP contribution in [0.25, 0.3) is 0 Å². The molecule has 0 aliphatic carbocycles. The Hall–Kier alpha value is -1.55. The van der Waals surface area contributed by atoms with Crippen molar-refractivity contribution >= 4 is 5.91 Å². The number of hydrogen-bond donors (Lipinski definition) is 1. The molecular weight excluding hydrogens is 300 g/mol. The van der Waals surface area contributed by atoms with Gasteiger partial charge in [-0.25, -0.2) is 0 Å². The number of carbonyl (C=O) groups is 1. The normalized spacial score (nSPS) is 22.7. The van der Waals surface area contributed by atoms with Gasteiger partial charge in [0.05, 0.1) is 12.0 Å². The number of likely N-dealkylation sites (N-methyl/N-ethyl adjacent to an activating group) is 1. The van der Waals surface area contributed by atoms with E-state index in [4.69, 9.17) is 4.74 Å². The van der Waals surface area contributed by atoms with E-state index in [1.807, 2.05) is 24.1 Å². The van der Waals surface area contributed by atoms with E-state index < -0.39 is 0 Å². The second-order valence-electron chi connectivity index (χ2n) is 7.27. The first-order chi connectivity index (χ1) is 11.7. The Bertz CT molecular complexity index is 552.